The molecule has 1 aromatic heterocycles. The first-order valence-electron chi connectivity index (χ1n) is 8.29. The zero-order valence-corrected chi connectivity index (χ0v) is 14.8. The van der Waals surface area contributed by atoms with E-state index < -0.39 is 6.10 Å². The predicted octanol–water partition coefficient (Wildman–Crippen LogP) is 3.89. The Morgan fingerprint density at radius 3 is 2.50 bits per heavy atom. The van der Waals surface area contributed by atoms with Crippen molar-refractivity contribution in [3.63, 3.8) is 0 Å². The molecular weight excluding hydrogens is 324 g/mol. The lowest BCUT2D eigenvalue weighted by molar-refractivity contribution is 0.0530. The highest BCUT2D eigenvalue weighted by molar-refractivity contribution is 7.14. The van der Waals surface area contributed by atoms with Crippen LogP contribution in [0.15, 0.2) is 24.3 Å². The minimum absolute atomic E-state index is 0.270. The highest BCUT2D eigenvalue weighted by atomic mass is 32.1. The van der Waals surface area contributed by atoms with E-state index >= 15 is 0 Å². The third kappa shape index (κ3) is 3.19. The molecule has 2 aromatic rings. The summed E-state index contributed by atoms with van der Waals surface area (Å²) in [4.78, 5) is 13.8. The first-order chi connectivity index (χ1) is 11.7. The average molecular weight is 346 g/mol. The van der Waals surface area contributed by atoms with Gasteiger partial charge in [-0.2, -0.15) is 0 Å². The molecule has 0 radical (unpaired) electrons. The molecule has 0 fully saturated rings. The highest BCUT2D eigenvalue weighted by Gasteiger charge is 2.28. The lowest BCUT2D eigenvalue weighted by atomic mass is 9.90. The van der Waals surface area contributed by atoms with E-state index in [1.807, 2.05) is 31.2 Å². The molecule has 1 N–H and O–H groups in total. The fourth-order valence-corrected chi connectivity index (χ4v) is 4.49. The van der Waals surface area contributed by atoms with E-state index in [4.69, 9.17) is 9.47 Å². The number of aliphatic hydroxyl groups excluding tert-OH is 1. The predicted molar refractivity (Wildman–Crippen MR) is 94.0 cm³/mol. The van der Waals surface area contributed by atoms with Crippen molar-refractivity contribution in [3.05, 3.63) is 50.7 Å². The van der Waals surface area contributed by atoms with Crippen molar-refractivity contribution < 1.29 is 19.4 Å². The van der Waals surface area contributed by atoms with Crippen LogP contribution in [-0.2, 0) is 17.6 Å². The molecule has 0 bridgehead atoms. The van der Waals surface area contributed by atoms with E-state index in [0.717, 1.165) is 53.0 Å². The normalized spacial score (nSPS) is 14.8. The van der Waals surface area contributed by atoms with E-state index in [2.05, 4.69) is 0 Å². The summed E-state index contributed by atoms with van der Waals surface area (Å²) >= 11 is 1.38. The molecule has 0 aliphatic heterocycles. The van der Waals surface area contributed by atoms with Crippen LogP contribution in [0.5, 0.6) is 5.75 Å². The van der Waals surface area contributed by atoms with Crippen LogP contribution in [-0.4, -0.2) is 24.8 Å². The molecule has 4 nitrogen and oxygen atoms in total. The van der Waals surface area contributed by atoms with Gasteiger partial charge in [0.2, 0.25) is 0 Å². The number of hydrogen-bond acceptors (Lipinski definition) is 5. The lowest BCUT2D eigenvalue weighted by Crippen LogP contribution is -2.09. The summed E-state index contributed by atoms with van der Waals surface area (Å²) in [5.74, 6) is 0.486. The second-order valence-electron chi connectivity index (χ2n) is 5.86. The van der Waals surface area contributed by atoms with Crippen LogP contribution in [0.1, 0.15) is 57.1 Å². The van der Waals surface area contributed by atoms with Crippen molar-refractivity contribution in [3.8, 4) is 5.75 Å². The fraction of sp³-hybridized carbons (Fsp3) is 0.421. The molecular formula is C19H22O4S. The summed E-state index contributed by atoms with van der Waals surface area (Å²) < 4.78 is 10.4. The smallest absolute Gasteiger partial charge is 0.348 e. The van der Waals surface area contributed by atoms with Crippen molar-refractivity contribution in [2.45, 2.75) is 38.7 Å². The summed E-state index contributed by atoms with van der Waals surface area (Å²) in [5, 5.41) is 10.9. The maximum Gasteiger partial charge on any atom is 0.348 e. The molecule has 0 saturated heterocycles. The van der Waals surface area contributed by atoms with Gasteiger partial charge in [-0.05, 0) is 61.4 Å². The molecule has 24 heavy (non-hydrogen) atoms. The van der Waals surface area contributed by atoms with Crippen molar-refractivity contribution in [2.75, 3.05) is 13.7 Å². The minimum atomic E-state index is -0.726. The van der Waals surface area contributed by atoms with Gasteiger partial charge in [-0.1, -0.05) is 12.1 Å². The van der Waals surface area contributed by atoms with Crippen LogP contribution in [0.3, 0.4) is 0 Å². The molecule has 1 heterocycles. The van der Waals surface area contributed by atoms with E-state index in [-0.39, 0.29) is 5.97 Å². The summed E-state index contributed by atoms with van der Waals surface area (Å²) in [6.07, 6.45) is 3.24. The second kappa shape index (κ2) is 7.36. The van der Waals surface area contributed by atoms with E-state index in [1.165, 1.54) is 11.3 Å². The van der Waals surface area contributed by atoms with E-state index in [9.17, 15) is 9.90 Å². The first kappa shape index (κ1) is 17.0. The van der Waals surface area contributed by atoms with E-state index in [0.29, 0.717) is 11.5 Å². The molecule has 0 saturated carbocycles. The zero-order valence-electron chi connectivity index (χ0n) is 14.0. The number of methoxy groups -OCH3 is 1. The topological polar surface area (TPSA) is 55.8 Å². The number of thiophene rings is 1. The average Bonchev–Trinajstić information content (AvgIpc) is 3.01. The molecule has 1 aliphatic carbocycles. The van der Waals surface area contributed by atoms with Crippen LogP contribution in [0.25, 0.3) is 0 Å². The largest absolute Gasteiger partial charge is 0.497 e. The molecule has 1 atom stereocenters. The number of carbonyl (C=O) groups is 1. The van der Waals surface area contributed by atoms with Gasteiger partial charge in [0.15, 0.2) is 0 Å². The Kier molecular flexibility index (Phi) is 5.21. The molecule has 1 unspecified atom stereocenters. The Morgan fingerprint density at radius 1 is 1.21 bits per heavy atom. The molecule has 128 valence electrons. The van der Waals surface area contributed by atoms with Crippen LogP contribution >= 0.6 is 11.3 Å². The molecule has 0 spiro atoms. The summed E-state index contributed by atoms with van der Waals surface area (Å²) in [7, 11) is 1.62. The van der Waals surface area contributed by atoms with Gasteiger partial charge in [-0.15, -0.1) is 11.3 Å². The SMILES string of the molecule is CCOC(=O)c1sc(C(O)c2ccc(OC)cc2)c2c1CCCC2. The number of aliphatic hydroxyl groups is 1. The zero-order chi connectivity index (χ0) is 17.1. The van der Waals surface area contributed by atoms with Gasteiger partial charge in [0, 0.05) is 4.88 Å². The summed E-state index contributed by atoms with van der Waals surface area (Å²) in [5.41, 5.74) is 3.02. The van der Waals surface area contributed by atoms with Gasteiger partial charge in [0.1, 0.15) is 16.7 Å². The summed E-state index contributed by atoms with van der Waals surface area (Å²) in [6, 6.07) is 7.40. The maximum absolute atomic E-state index is 12.3. The highest BCUT2D eigenvalue weighted by Crippen LogP contribution is 2.40. The third-order valence-corrected chi connectivity index (χ3v) is 5.70. The maximum atomic E-state index is 12.3. The van der Waals surface area contributed by atoms with Gasteiger partial charge in [0.25, 0.3) is 0 Å². The third-order valence-electron chi connectivity index (χ3n) is 4.39. The Balaban J connectivity index is 1.98. The number of benzene rings is 1. The number of rotatable bonds is 5. The lowest BCUT2D eigenvalue weighted by Gasteiger charge is -2.17. The van der Waals surface area contributed by atoms with Crippen LogP contribution in [0.2, 0.25) is 0 Å². The standard InChI is InChI=1S/C19H22O4S/c1-3-23-19(21)18-15-7-5-4-6-14(15)17(24-18)16(20)12-8-10-13(22-2)11-9-12/h8-11,16,20H,3-7H2,1-2H3. The van der Waals surface area contributed by atoms with Gasteiger partial charge >= 0.3 is 5.97 Å². The fourth-order valence-electron chi connectivity index (χ4n) is 3.18. The number of ether oxygens (including phenoxy) is 2. The molecule has 0 amide bonds. The monoisotopic (exact) mass is 346 g/mol. The number of hydrogen-bond donors (Lipinski definition) is 1. The quantitative estimate of drug-likeness (QED) is 0.835. The Morgan fingerprint density at radius 2 is 1.88 bits per heavy atom. The molecule has 3 rings (SSSR count). The Hall–Kier alpha value is -1.85. The number of fused-ring (bicyclic) bond motifs is 1. The minimum Gasteiger partial charge on any atom is -0.497 e. The van der Waals surface area contributed by atoms with Crippen molar-refractivity contribution in [1.29, 1.82) is 0 Å². The Labute approximate surface area is 146 Å². The number of carbonyl (C=O) groups excluding carboxylic acids is 1. The van der Waals surface area contributed by atoms with Crippen LogP contribution in [0, 0.1) is 0 Å². The van der Waals surface area contributed by atoms with Crippen LogP contribution < -0.4 is 4.74 Å². The van der Waals surface area contributed by atoms with Crippen molar-refractivity contribution >= 4 is 17.3 Å². The van der Waals surface area contributed by atoms with Crippen molar-refractivity contribution in [2.24, 2.45) is 0 Å². The van der Waals surface area contributed by atoms with Gasteiger partial charge in [-0.25, -0.2) is 4.79 Å². The van der Waals surface area contributed by atoms with Crippen molar-refractivity contribution in [1.82, 2.24) is 0 Å². The molecule has 1 aromatic carbocycles. The Bertz CT molecular complexity index is 718. The molecule has 5 heteroatoms. The van der Waals surface area contributed by atoms with Gasteiger partial charge < -0.3 is 14.6 Å². The van der Waals surface area contributed by atoms with E-state index in [1.54, 1.807) is 7.11 Å². The summed E-state index contributed by atoms with van der Waals surface area (Å²) in [6.45, 7) is 2.17. The number of esters is 1. The van der Waals surface area contributed by atoms with Gasteiger partial charge in [0.05, 0.1) is 13.7 Å². The first-order valence-corrected chi connectivity index (χ1v) is 9.11. The van der Waals surface area contributed by atoms with Gasteiger partial charge in [-0.3, -0.25) is 0 Å². The van der Waals surface area contributed by atoms with Crippen LogP contribution in [0.4, 0.5) is 0 Å². The molecule has 1 aliphatic rings. The second-order valence-corrected chi connectivity index (χ2v) is 6.91.